The topological polar surface area (TPSA) is 92.9 Å². The van der Waals surface area contributed by atoms with Gasteiger partial charge in [-0.1, -0.05) is 6.07 Å². The number of benzene rings is 1. The zero-order valence-corrected chi connectivity index (χ0v) is 13.6. The molecule has 0 saturated heterocycles. The van der Waals surface area contributed by atoms with Gasteiger partial charge in [-0.15, -0.1) is 0 Å². The van der Waals surface area contributed by atoms with Crippen LogP contribution in [0.4, 0.5) is 10.5 Å². The molecule has 126 valence electrons. The molecule has 0 saturated carbocycles. The molecule has 7 nitrogen and oxygen atoms in total. The van der Waals surface area contributed by atoms with Gasteiger partial charge in [-0.25, -0.2) is 4.79 Å². The number of nitro benzene ring substituents is 1. The number of non-ortho nitro benzene ring substituents is 1. The van der Waals surface area contributed by atoms with Gasteiger partial charge in [0.1, 0.15) is 5.60 Å². The summed E-state index contributed by atoms with van der Waals surface area (Å²) in [6.07, 6.45) is 0.655. The first-order chi connectivity index (χ1) is 10.7. The van der Waals surface area contributed by atoms with Crippen molar-refractivity contribution in [3.05, 3.63) is 39.4 Å². The normalized spacial score (nSPS) is 16.8. The number of hydrogen-bond acceptors (Lipinski definition) is 5. The monoisotopic (exact) mass is 322 g/mol. The molecule has 1 aliphatic carbocycles. The first-order valence-electron chi connectivity index (χ1n) is 7.58. The summed E-state index contributed by atoms with van der Waals surface area (Å²) in [4.78, 5) is 24.3. The van der Waals surface area contributed by atoms with Crippen molar-refractivity contribution in [2.75, 3.05) is 13.2 Å². The lowest BCUT2D eigenvalue weighted by Gasteiger charge is -2.31. The molecule has 0 fully saturated rings. The van der Waals surface area contributed by atoms with Crippen LogP contribution in [0.2, 0.25) is 0 Å². The number of nitrogens with zero attached hydrogens (tertiary/aromatic N) is 2. The zero-order valence-electron chi connectivity index (χ0n) is 13.6. The third-order valence-electron chi connectivity index (χ3n) is 3.72. The van der Waals surface area contributed by atoms with Crippen LogP contribution >= 0.6 is 0 Å². The van der Waals surface area contributed by atoms with E-state index in [1.807, 2.05) is 0 Å². The molecule has 0 bridgehead atoms. The van der Waals surface area contributed by atoms with Gasteiger partial charge in [-0.3, -0.25) is 10.1 Å². The summed E-state index contributed by atoms with van der Waals surface area (Å²) >= 11 is 0. The molecular weight excluding hydrogens is 300 g/mol. The molecule has 2 rings (SSSR count). The van der Waals surface area contributed by atoms with Gasteiger partial charge < -0.3 is 14.7 Å². The van der Waals surface area contributed by atoms with E-state index in [0.717, 1.165) is 11.1 Å². The number of aliphatic hydroxyl groups is 1. The molecule has 0 aliphatic heterocycles. The fraction of sp³-hybridized carbons (Fsp3) is 0.562. The molecule has 0 aromatic heterocycles. The van der Waals surface area contributed by atoms with E-state index in [4.69, 9.17) is 4.74 Å². The van der Waals surface area contributed by atoms with Crippen molar-refractivity contribution in [2.24, 2.45) is 0 Å². The summed E-state index contributed by atoms with van der Waals surface area (Å²) < 4.78 is 5.39. The molecule has 7 heteroatoms. The Morgan fingerprint density at radius 1 is 1.39 bits per heavy atom. The van der Waals surface area contributed by atoms with E-state index in [9.17, 15) is 20.0 Å². The van der Waals surface area contributed by atoms with E-state index in [-0.39, 0.29) is 24.9 Å². The lowest BCUT2D eigenvalue weighted by atomic mass is 10.1. The Balaban J connectivity index is 2.16. The summed E-state index contributed by atoms with van der Waals surface area (Å²) in [7, 11) is 0. The van der Waals surface area contributed by atoms with Gasteiger partial charge in [0.05, 0.1) is 11.5 Å². The highest BCUT2D eigenvalue weighted by molar-refractivity contribution is 5.69. The van der Waals surface area contributed by atoms with E-state index in [1.54, 1.807) is 32.9 Å². The van der Waals surface area contributed by atoms with Crippen molar-refractivity contribution in [3.8, 4) is 0 Å². The van der Waals surface area contributed by atoms with Gasteiger partial charge in [0, 0.05) is 24.7 Å². The summed E-state index contributed by atoms with van der Waals surface area (Å²) in [5, 5.41) is 20.1. The van der Waals surface area contributed by atoms with Crippen molar-refractivity contribution in [1.29, 1.82) is 0 Å². The number of carbonyl (C=O) groups is 1. The van der Waals surface area contributed by atoms with Crippen LogP contribution < -0.4 is 0 Å². The van der Waals surface area contributed by atoms with Gasteiger partial charge in [0.15, 0.2) is 0 Å². The summed E-state index contributed by atoms with van der Waals surface area (Å²) in [5.41, 5.74) is 1.30. The van der Waals surface area contributed by atoms with Crippen molar-refractivity contribution in [1.82, 2.24) is 4.90 Å². The molecule has 23 heavy (non-hydrogen) atoms. The highest BCUT2D eigenvalue weighted by Crippen LogP contribution is 2.29. The predicted molar refractivity (Wildman–Crippen MR) is 84.3 cm³/mol. The van der Waals surface area contributed by atoms with E-state index in [0.29, 0.717) is 12.8 Å². The van der Waals surface area contributed by atoms with Gasteiger partial charge in [-0.2, -0.15) is 0 Å². The zero-order chi connectivity index (χ0) is 17.2. The van der Waals surface area contributed by atoms with Crippen molar-refractivity contribution in [2.45, 2.75) is 45.3 Å². The summed E-state index contributed by atoms with van der Waals surface area (Å²) in [6, 6.07) is 4.61. The molecule has 1 N–H and O–H groups in total. The third-order valence-corrected chi connectivity index (χ3v) is 3.72. The molecule has 0 heterocycles. The highest BCUT2D eigenvalue weighted by atomic mass is 16.6. The highest BCUT2D eigenvalue weighted by Gasteiger charge is 2.33. The summed E-state index contributed by atoms with van der Waals surface area (Å²) in [5.74, 6) is 0. The predicted octanol–water partition coefficient (Wildman–Crippen LogP) is 2.29. The number of fused-ring (bicyclic) bond motifs is 1. The number of rotatable bonds is 4. The number of carbonyl (C=O) groups excluding carboxylic acids is 1. The number of aliphatic hydroxyl groups excluding tert-OH is 1. The average molecular weight is 322 g/mol. The Bertz CT molecular complexity index is 609. The second-order valence-electron chi connectivity index (χ2n) is 6.67. The SMILES string of the molecule is CC(C)(C)OC(=O)N(CCO)C1Cc2ccc([N+](=O)[O-])cc2C1. The average Bonchev–Trinajstić information content (AvgIpc) is 2.84. The maximum Gasteiger partial charge on any atom is 0.410 e. The number of ether oxygens (including phenoxy) is 1. The van der Waals surface area contributed by atoms with Gasteiger partial charge in [0.2, 0.25) is 0 Å². The van der Waals surface area contributed by atoms with Crippen LogP contribution in [0.1, 0.15) is 31.9 Å². The van der Waals surface area contributed by atoms with Crippen LogP contribution in [-0.2, 0) is 17.6 Å². The Morgan fingerprint density at radius 2 is 2.04 bits per heavy atom. The molecular formula is C16H22N2O5. The number of nitro groups is 1. The largest absolute Gasteiger partial charge is 0.444 e. The van der Waals surface area contributed by atoms with E-state index >= 15 is 0 Å². The van der Waals surface area contributed by atoms with Gasteiger partial charge >= 0.3 is 6.09 Å². The van der Waals surface area contributed by atoms with Crippen LogP contribution in [0.5, 0.6) is 0 Å². The molecule has 0 spiro atoms. The number of amides is 1. The quantitative estimate of drug-likeness (QED) is 0.678. The second-order valence-corrected chi connectivity index (χ2v) is 6.67. The van der Waals surface area contributed by atoms with E-state index < -0.39 is 16.6 Å². The molecule has 0 radical (unpaired) electrons. The Morgan fingerprint density at radius 3 is 2.61 bits per heavy atom. The van der Waals surface area contributed by atoms with Crippen molar-refractivity contribution >= 4 is 11.8 Å². The molecule has 1 aromatic carbocycles. The fourth-order valence-corrected chi connectivity index (χ4v) is 2.77. The molecule has 1 amide bonds. The van der Waals surface area contributed by atoms with Crippen LogP contribution in [-0.4, -0.2) is 45.8 Å². The summed E-state index contributed by atoms with van der Waals surface area (Å²) in [6.45, 7) is 5.38. The minimum absolute atomic E-state index is 0.0513. The van der Waals surface area contributed by atoms with Gasteiger partial charge in [0.25, 0.3) is 5.69 Å². The van der Waals surface area contributed by atoms with Crippen LogP contribution in [0.3, 0.4) is 0 Å². The first-order valence-corrected chi connectivity index (χ1v) is 7.58. The lowest BCUT2D eigenvalue weighted by Crippen LogP contribution is -2.45. The fourth-order valence-electron chi connectivity index (χ4n) is 2.77. The van der Waals surface area contributed by atoms with Crippen molar-refractivity contribution < 1.29 is 19.6 Å². The maximum atomic E-state index is 12.3. The number of hydrogen-bond donors (Lipinski definition) is 1. The first kappa shape index (κ1) is 17.2. The van der Waals surface area contributed by atoms with Crippen LogP contribution in [0.25, 0.3) is 0 Å². The van der Waals surface area contributed by atoms with Crippen molar-refractivity contribution in [3.63, 3.8) is 0 Å². The Labute approximate surface area is 135 Å². The van der Waals surface area contributed by atoms with Crippen LogP contribution in [0.15, 0.2) is 18.2 Å². The minimum atomic E-state index is -0.616. The van der Waals surface area contributed by atoms with E-state index in [2.05, 4.69) is 0 Å². The maximum absolute atomic E-state index is 12.3. The van der Waals surface area contributed by atoms with Gasteiger partial charge in [-0.05, 0) is 44.7 Å². The lowest BCUT2D eigenvalue weighted by molar-refractivity contribution is -0.384. The molecule has 1 atom stereocenters. The Kier molecular flexibility index (Phi) is 4.89. The molecule has 1 aliphatic rings. The third kappa shape index (κ3) is 4.19. The van der Waals surface area contributed by atoms with Crippen LogP contribution in [0, 0.1) is 10.1 Å². The standard InChI is InChI=1S/C16H22N2O5/c1-16(2,3)23-15(20)17(6-7-19)14-8-11-4-5-13(18(21)22)9-12(11)10-14/h4-5,9,14,19H,6-8,10H2,1-3H3. The minimum Gasteiger partial charge on any atom is -0.444 e. The van der Waals surface area contributed by atoms with E-state index in [1.165, 1.54) is 11.0 Å². The Hall–Kier alpha value is -2.15. The molecule has 1 unspecified atom stereocenters. The molecule has 1 aromatic rings. The second kappa shape index (κ2) is 6.54. The smallest absolute Gasteiger partial charge is 0.410 e.